The average Bonchev–Trinajstić information content (AvgIpc) is 3.04. The van der Waals surface area contributed by atoms with Gasteiger partial charge in [-0.2, -0.15) is 4.98 Å². The quantitative estimate of drug-likeness (QED) is 0.903. The molecule has 1 saturated carbocycles. The highest BCUT2D eigenvalue weighted by Crippen LogP contribution is 2.27. The van der Waals surface area contributed by atoms with Gasteiger partial charge in [0.25, 0.3) is 0 Å². The Balaban J connectivity index is 1.53. The van der Waals surface area contributed by atoms with Gasteiger partial charge in [0.05, 0.1) is 19.0 Å². The molecule has 1 aromatic rings. The van der Waals surface area contributed by atoms with Gasteiger partial charge < -0.3 is 15.0 Å². The lowest BCUT2D eigenvalue weighted by atomic mass is 9.88. The normalized spacial score (nSPS) is 22.1. The molecule has 0 radical (unpaired) electrons. The van der Waals surface area contributed by atoms with Crippen molar-refractivity contribution < 1.29 is 9.53 Å². The first kappa shape index (κ1) is 16.0. The lowest BCUT2D eigenvalue weighted by Gasteiger charge is -2.26. The van der Waals surface area contributed by atoms with Gasteiger partial charge >= 0.3 is 0 Å². The van der Waals surface area contributed by atoms with Crippen LogP contribution in [0, 0.1) is 5.92 Å². The van der Waals surface area contributed by atoms with Crippen LogP contribution in [-0.4, -0.2) is 46.5 Å². The van der Waals surface area contributed by atoms with Crippen molar-refractivity contribution in [1.29, 1.82) is 0 Å². The molecule has 0 aromatic carbocycles. The van der Waals surface area contributed by atoms with Gasteiger partial charge in [-0.15, -0.1) is 0 Å². The van der Waals surface area contributed by atoms with E-state index in [1.165, 1.54) is 19.3 Å². The van der Waals surface area contributed by atoms with Gasteiger partial charge in [-0.3, -0.25) is 9.78 Å². The highest BCUT2D eigenvalue weighted by atomic mass is 16.5. The van der Waals surface area contributed by atoms with E-state index in [1.54, 1.807) is 12.4 Å². The maximum Gasteiger partial charge on any atom is 0.234 e. The number of anilines is 1. The van der Waals surface area contributed by atoms with Gasteiger partial charge in [-0.1, -0.05) is 19.3 Å². The summed E-state index contributed by atoms with van der Waals surface area (Å²) in [5.41, 5.74) is 0. The summed E-state index contributed by atoms with van der Waals surface area (Å²) in [6, 6.07) is 0.244. The molecule has 2 fully saturated rings. The largest absolute Gasteiger partial charge is 0.477 e. The molecule has 3 rings (SSSR count). The molecular formula is C17H26N4O2. The number of rotatable bonds is 5. The van der Waals surface area contributed by atoms with Crippen molar-refractivity contribution in [1.82, 2.24) is 14.9 Å². The van der Waals surface area contributed by atoms with Crippen molar-refractivity contribution in [3.8, 4) is 5.88 Å². The number of nitrogens with one attached hydrogen (secondary N) is 1. The van der Waals surface area contributed by atoms with E-state index in [4.69, 9.17) is 4.74 Å². The number of hydrogen-bond acceptors (Lipinski definition) is 5. The van der Waals surface area contributed by atoms with Crippen LogP contribution in [0.1, 0.15) is 45.4 Å². The zero-order valence-electron chi connectivity index (χ0n) is 13.8. The van der Waals surface area contributed by atoms with Crippen LogP contribution in [0.4, 0.5) is 5.82 Å². The zero-order valence-corrected chi connectivity index (χ0v) is 13.8. The van der Waals surface area contributed by atoms with Crippen molar-refractivity contribution >= 4 is 11.7 Å². The molecule has 0 bridgehead atoms. The monoisotopic (exact) mass is 318 g/mol. The number of nitrogens with zero attached hydrogens (tertiary/aromatic N) is 3. The van der Waals surface area contributed by atoms with E-state index in [2.05, 4.69) is 15.3 Å². The summed E-state index contributed by atoms with van der Waals surface area (Å²) >= 11 is 0. The van der Waals surface area contributed by atoms with E-state index >= 15 is 0 Å². The number of ether oxygens (including phenoxy) is 1. The van der Waals surface area contributed by atoms with Crippen LogP contribution in [0.2, 0.25) is 0 Å². The molecule has 1 aliphatic carbocycles. The molecule has 1 saturated heterocycles. The fourth-order valence-corrected chi connectivity index (χ4v) is 3.53. The van der Waals surface area contributed by atoms with E-state index in [-0.39, 0.29) is 12.0 Å². The fraction of sp³-hybridized carbons (Fsp3) is 0.706. The minimum Gasteiger partial charge on any atom is -0.477 e. The van der Waals surface area contributed by atoms with E-state index < -0.39 is 0 Å². The molecule has 1 atom stereocenters. The first-order valence-electron chi connectivity index (χ1n) is 8.76. The summed E-state index contributed by atoms with van der Waals surface area (Å²) in [4.78, 5) is 23.1. The van der Waals surface area contributed by atoms with E-state index in [0.717, 1.165) is 32.4 Å². The molecule has 1 aliphatic heterocycles. The third kappa shape index (κ3) is 4.12. The summed E-state index contributed by atoms with van der Waals surface area (Å²) in [5, 5.41) is 3.38. The molecule has 1 amide bonds. The number of aromatic nitrogens is 2. The Morgan fingerprint density at radius 3 is 2.91 bits per heavy atom. The van der Waals surface area contributed by atoms with Crippen LogP contribution in [0.5, 0.6) is 5.88 Å². The lowest BCUT2D eigenvalue weighted by Crippen LogP contribution is -2.36. The molecular weight excluding hydrogens is 292 g/mol. The number of hydrogen-bond donors (Lipinski definition) is 1. The van der Waals surface area contributed by atoms with Crippen LogP contribution in [0.3, 0.4) is 0 Å². The van der Waals surface area contributed by atoms with Crippen LogP contribution in [0.15, 0.2) is 12.4 Å². The molecule has 126 valence electrons. The maximum absolute atomic E-state index is 12.6. The molecule has 1 aromatic heterocycles. The van der Waals surface area contributed by atoms with Gasteiger partial charge in [-0.25, -0.2) is 0 Å². The van der Waals surface area contributed by atoms with Crippen molar-refractivity contribution in [3.63, 3.8) is 0 Å². The highest BCUT2D eigenvalue weighted by molar-refractivity contribution is 5.79. The van der Waals surface area contributed by atoms with Crippen LogP contribution in [-0.2, 0) is 4.79 Å². The van der Waals surface area contributed by atoms with Crippen molar-refractivity contribution in [2.45, 2.75) is 51.5 Å². The Morgan fingerprint density at radius 2 is 2.13 bits per heavy atom. The van der Waals surface area contributed by atoms with Gasteiger partial charge in [0.1, 0.15) is 5.82 Å². The summed E-state index contributed by atoms with van der Waals surface area (Å²) in [5.74, 6) is 1.85. The SMILES string of the molecule is CCOc1cncc(NC2CCN(C(=O)C3CCCCC3)C2)n1. The summed E-state index contributed by atoms with van der Waals surface area (Å²) < 4.78 is 5.37. The van der Waals surface area contributed by atoms with Crippen molar-refractivity contribution in [2.75, 3.05) is 25.0 Å². The third-order valence-electron chi connectivity index (χ3n) is 4.71. The first-order valence-corrected chi connectivity index (χ1v) is 8.76. The standard InChI is InChI=1S/C17H26N4O2/c1-2-23-16-11-18-10-15(20-16)19-14-8-9-21(12-14)17(22)13-6-4-3-5-7-13/h10-11,13-14H,2-9,12H2,1H3,(H,19,20). The minimum atomic E-state index is 0.244. The predicted octanol–water partition coefficient (Wildman–Crippen LogP) is 2.47. The summed E-state index contributed by atoms with van der Waals surface area (Å²) in [6.45, 7) is 4.10. The number of carbonyl (C=O) groups excluding carboxylic acids is 1. The second-order valence-corrected chi connectivity index (χ2v) is 6.42. The molecule has 0 spiro atoms. The van der Waals surface area contributed by atoms with Crippen LogP contribution < -0.4 is 10.1 Å². The Kier molecular flexibility index (Phi) is 5.31. The molecule has 23 heavy (non-hydrogen) atoms. The van der Waals surface area contributed by atoms with E-state index in [9.17, 15) is 4.79 Å². The first-order chi connectivity index (χ1) is 11.3. The number of carbonyl (C=O) groups is 1. The van der Waals surface area contributed by atoms with Crippen molar-refractivity contribution in [3.05, 3.63) is 12.4 Å². The van der Waals surface area contributed by atoms with E-state index in [1.807, 2.05) is 11.8 Å². The maximum atomic E-state index is 12.6. The second kappa shape index (κ2) is 7.62. The number of likely N-dealkylation sites (tertiary alicyclic amines) is 1. The molecule has 1 unspecified atom stereocenters. The zero-order chi connectivity index (χ0) is 16.1. The van der Waals surface area contributed by atoms with Gasteiger partial charge in [0.15, 0.2) is 0 Å². The lowest BCUT2D eigenvalue weighted by molar-refractivity contribution is -0.135. The Bertz CT molecular complexity index is 531. The van der Waals surface area contributed by atoms with E-state index in [0.29, 0.717) is 24.2 Å². The molecule has 2 heterocycles. The molecule has 1 N–H and O–H groups in total. The molecule has 6 nitrogen and oxygen atoms in total. The minimum absolute atomic E-state index is 0.244. The van der Waals surface area contributed by atoms with Gasteiger partial charge in [-0.05, 0) is 26.2 Å². The van der Waals surface area contributed by atoms with Crippen molar-refractivity contribution in [2.24, 2.45) is 5.92 Å². The van der Waals surface area contributed by atoms with Gasteiger partial charge in [0.2, 0.25) is 11.8 Å². The third-order valence-corrected chi connectivity index (χ3v) is 4.71. The Labute approximate surface area is 137 Å². The molecule has 2 aliphatic rings. The fourth-order valence-electron chi connectivity index (χ4n) is 3.53. The van der Waals surface area contributed by atoms with Crippen LogP contribution in [0.25, 0.3) is 0 Å². The Hall–Kier alpha value is -1.85. The molecule has 6 heteroatoms. The summed E-state index contributed by atoms with van der Waals surface area (Å²) in [7, 11) is 0. The summed E-state index contributed by atoms with van der Waals surface area (Å²) in [6.07, 6.45) is 10.1. The van der Waals surface area contributed by atoms with Crippen LogP contribution >= 0.6 is 0 Å². The topological polar surface area (TPSA) is 67.3 Å². The highest BCUT2D eigenvalue weighted by Gasteiger charge is 2.31. The second-order valence-electron chi connectivity index (χ2n) is 6.42. The predicted molar refractivity (Wildman–Crippen MR) is 88.4 cm³/mol. The Morgan fingerprint density at radius 1 is 1.30 bits per heavy atom. The average molecular weight is 318 g/mol. The van der Waals surface area contributed by atoms with Gasteiger partial charge in [0, 0.05) is 25.0 Å². The number of amides is 1. The smallest absolute Gasteiger partial charge is 0.234 e.